The van der Waals surface area contributed by atoms with E-state index in [0.717, 1.165) is 44.9 Å². The monoisotopic (exact) mass is 934 g/mol. The molecule has 10 aromatic rings. The Morgan fingerprint density at radius 1 is 0.222 bits per heavy atom. The van der Waals surface area contributed by atoms with Gasteiger partial charge in [0.25, 0.3) is 0 Å². The smallest absolute Gasteiger partial charge is 0.0702 e. The number of pyridine rings is 3. The van der Waals surface area contributed by atoms with Crippen LogP contribution in [0, 0.1) is 0 Å². The van der Waals surface area contributed by atoms with Gasteiger partial charge in [-0.3, -0.25) is 15.0 Å². The van der Waals surface area contributed by atoms with E-state index in [2.05, 4.69) is 253 Å². The number of nitrogens with zero attached hydrogens (tertiary/aromatic N) is 3. The van der Waals surface area contributed by atoms with Crippen molar-refractivity contribution in [3.63, 3.8) is 0 Å². The number of hydrogen-bond acceptors (Lipinski definition) is 3. The molecule has 354 valence electrons. The summed E-state index contributed by atoms with van der Waals surface area (Å²) in [5.74, 6) is 0. The third kappa shape index (κ3) is 9.01. The lowest BCUT2D eigenvalue weighted by Crippen LogP contribution is -2.42. The van der Waals surface area contributed by atoms with Gasteiger partial charge in [0.05, 0.1) is 17.1 Å². The summed E-state index contributed by atoms with van der Waals surface area (Å²) in [6.45, 7) is 19.3. The Morgan fingerprint density at radius 3 is 1.06 bits per heavy atom. The lowest BCUT2D eigenvalue weighted by atomic mass is 9.58. The molecule has 0 aliphatic carbocycles. The highest BCUT2D eigenvalue weighted by atomic mass is 14.7. The van der Waals surface area contributed by atoms with Crippen LogP contribution in [0.2, 0.25) is 0 Å². The molecule has 10 rings (SSSR count). The second-order valence-corrected chi connectivity index (χ2v) is 21.3. The van der Waals surface area contributed by atoms with Crippen molar-refractivity contribution in [1.29, 1.82) is 0 Å². The molecule has 0 aliphatic heterocycles. The second-order valence-electron chi connectivity index (χ2n) is 21.3. The Hall–Kier alpha value is -8.01. The van der Waals surface area contributed by atoms with Gasteiger partial charge in [-0.1, -0.05) is 231 Å². The van der Waals surface area contributed by atoms with E-state index in [1.807, 2.05) is 48.9 Å². The summed E-state index contributed by atoms with van der Waals surface area (Å²) < 4.78 is 0. The van der Waals surface area contributed by atoms with Crippen molar-refractivity contribution in [3.8, 4) is 78.3 Å². The Balaban J connectivity index is 1.13. The average molecular weight is 934 g/mol. The van der Waals surface area contributed by atoms with Gasteiger partial charge in [-0.2, -0.15) is 0 Å². The molecule has 3 aromatic heterocycles. The van der Waals surface area contributed by atoms with Gasteiger partial charge in [-0.05, 0) is 131 Å². The van der Waals surface area contributed by atoms with Crippen LogP contribution in [0.4, 0.5) is 0 Å². The van der Waals surface area contributed by atoms with Crippen molar-refractivity contribution < 1.29 is 0 Å². The first-order valence-corrected chi connectivity index (χ1v) is 25.2. The normalized spacial score (nSPS) is 12.2. The Morgan fingerprint density at radius 2 is 0.583 bits per heavy atom. The van der Waals surface area contributed by atoms with Crippen LogP contribution in [0.25, 0.3) is 78.3 Å². The van der Waals surface area contributed by atoms with Crippen LogP contribution >= 0.6 is 0 Å². The molecule has 0 bridgehead atoms. The van der Waals surface area contributed by atoms with Crippen LogP contribution < -0.4 is 0 Å². The Bertz CT molecular complexity index is 3320. The van der Waals surface area contributed by atoms with E-state index in [1.165, 1.54) is 55.6 Å². The first-order chi connectivity index (χ1) is 34.7. The molecule has 0 spiro atoms. The maximum absolute atomic E-state index is 4.78. The molecular formula is C69H63N3. The third-order valence-corrected chi connectivity index (χ3v) is 16.4. The molecule has 0 unspecified atom stereocenters. The van der Waals surface area contributed by atoms with Gasteiger partial charge in [0.2, 0.25) is 0 Å². The topological polar surface area (TPSA) is 38.7 Å². The van der Waals surface area contributed by atoms with Crippen molar-refractivity contribution in [2.75, 3.05) is 0 Å². The minimum atomic E-state index is -0.320. The summed E-state index contributed by atoms with van der Waals surface area (Å²) in [6.07, 6.45) is 5.60. The molecule has 0 N–H and O–H groups in total. The van der Waals surface area contributed by atoms with Crippen LogP contribution in [0.15, 0.2) is 237 Å². The Labute approximate surface area is 427 Å². The molecule has 0 saturated carbocycles. The van der Waals surface area contributed by atoms with Crippen molar-refractivity contribution in [3.05, 3.63) is 259 Å². The summed E-state index contributed by atoms with van der Waals surface area (Å²) in [5, 5.41) is 0. The SMILES string of the molecule is CC(C)(c1ccc(-c2ccccn2)cc1)C(C)(C)c1cc(-c2ccccc2-c2ccc(-c3ccccn3)cc2-c2ccc(-c3ccccc3)cc2)cc(C(C)(C)C(C)(C)c2ccc(-c3ccccn3)cc2)c1. The molecule has 72 heavy (non-hydrogen) atoms. The zero-order valence-electron chi connectivity index (χ0n) is 42.9. The predicted molar refractivity (Wildman–Crippen MR) is 303 cm³/mol. The highest BCUT2D eigenvalue weighted by Crippen LogP contribution is 2.51. The van der Waals surface area contributed by atoms with E-state index in [-0.39, 0.29) is 21.7 Å². The molecule has 0 amide bonds. The maximum Gasteiger partial charge on any atom is 0.0702 e. The predicted octanol–water partition coefficient (Wildman–Crippen LogP) is 18.1. The zero-order valence-corrected chi connectivity index (χ0v) is 42.9. The van der Waals surface area contributed by atoms with Gasteiger partial charge in [-0.15, -0.1) is 0 Å². The molecule has 7 aromatic carbocycles. The standard InChI is InChI=1S/C69H63N3/c1-66(2,55-36-31-51(32-37-55)63-24-14-17-41-70-63)68(5,6)57-44-54(45-58(47-57)69(7,8)67(3,4)56-38-33-52(34-39-56)64-25-15-18-42-71-64)59-22-12-13-23-60(59)61-40-35-53(65-26-16-19-43-72-65)46-62(61)50-29-27-49(28-30-50)48-20-10-9-11-21-48/h9-47H,1-8H3. The lowest BCUT2D eigenvalue weighted by molar-refractivity contribution is 0.293. The Kier molecular flexibility index (Phi) is 12.8. The highest BCUT2D eigenvalue weighted by Gasteiger charge is 2.44. The third-order valence-electron chi connectivity index (χ3n) is 16.4. The largest absolute Gasteiger partial charge is 0.256 e. The summed E-state index contributed by atoms with van der Waals surface area (Å²) in [6, 6.07) is 79.4. The van der Waals surface area contributed by atoms with E-state index >= 15 is 0 Å². The summed E-state index contributed by atoms with van der Waals surface area (Å²) in [4.78, 5) is 14.1. The van der Waals surface area contributed by atoms with Crippen LogP contribution in [0.1, 0.15) is 77.6 Å². The summed E-state index contributed by atoms with van der Waals surface area (Å²) in [5.41, 5.74) is 19.6. The van der Waals surface area contributed by atoms with Gasteiger partial charge < -0.3 is 0 Å². The lowest BCUT2D eigenvalue weighted by Gasteiger charge is -2.46. The number of aromatic nitrogens is 3. The van der Waals surface area contributed by atoms with Crippen LogP contribution in [0.3, 0.4) is 0 Å². The van der Waals surface area contributed by atoms with Crippen LogP contribution in [-0.4, -0.2) is 15.0 Å². The molecular weight excluding hydrogens is 871 g/mol. The quantitative estimate of drug-likeness (QED) is 0.116. The number of benzene rings is 7. The van der Waals surface area contributed by atoms with Crippen LogP contribution in [0.5, 0.6) is 0 Å². The van der Waals surface area contributed by atoms with Crippen LogP contribution in [-0.2, 0) is 21.7 Å². The maximum atomic E-state index is 4.78. The molecule has 3 heteroatoms. The fraction of sp³-hybridized carbons (Fsp3) is 0.174. The summed E-state index contributed by atoms with van der Waals surface area (Å²) in [7, 11) is 0. The molecule has 0 aliphatic rings. The van der Waals surface area contributed by atoms with Gasteiger partial charge >= 0.3 is 0 Å². The fourth-order valence-electron chi connectivity index (χ4n) is 10.3. The van der Waals surface area contributed by atoms with Gasteiger partial charge in [-0.25, -0.2) is 0 Å². The van der Waals surface area contributed by atoms with E-state index in [9.17, 15) is 0 Å². The molecule has 3 heterocycles. The minimum Gasteiger partial charge on any atom is -0.256 e. The average Bonchev–Trinajstić information content (AvgIpc) is 3.43. The van der Waals surface area contributed by atoms with E-state index in [0.29, 0.717) is 0 Å². The van der Waals surface area contributed by atoms with E-state index in [4.69, 9.17) is 4.98 Å². The first-order valence-electron chi connectivity index (χ1n) is 25.2. The fourth-order valence-corrected chi connectivity index (χ4v) is 10.3. The molecule has 0 saturated heterocycles. The zero-order chi connectivity index (χ0) is 50.1. The van der Waals surface area contributed by atoms with E-state index < -0.39 is 0 Å². The second kappa shape index (κ2) is 19.3. The van der Waals surface area contributed by atoms with Gasteiger partial charge in [0, 0.05) is 35.3 Å². The van der Waals surface area contributed by atoms with Gasteiger partial charge in [0.15, 0.2) is 0 Å². The number of hydrogen-bond donors (Lipinski definition) is 0. The molecule has 0 fully saturated rings. The van der Waals surface area contributed by atoms with E-state index in [1.54, 1.807) is 0 Å². The molecule has 0 radical (unpaired) electrons. The molecule has 3 nitrogen and oxygen atoms in total. The summed E-state index contributed by atoms with van der Waals surface area (Å²) >= 11 is 0. The van der Waals surface area contributed by atoms with Crippen molar-refractivity contribution in [2.45, 2.75) is 77.0 Å². The van der Waals surface area contributed by atoms with Gasteiger partial charge in [0.1, 0.15) is 0 Å². The minimum absolute atomic E-state index is 0.271. The van der Waals surface area contributed by atoms with Crippen molar-refractivity contribution >= 4 is 0 Å². The van der Waals surface area contributed by atoms with Crippen molar-refractivity contribution in [2.24, 2.45) is 0 Å². The first kappa shape index (κ1) is 47.7. The number of rotatable bonds is 13. The van der Waals surface area contributed by atoms with Crippen molar-refractivity contribution in [1.82, 2.24) is 15.0 Å². The highest BCUT2D eigenvalue weighted by molar-refractivity contribution is 5.94. The molecule has 0 atom stereocenters.